The SMILES string of the molecule is COC(=O)CNC(=O)c1ccc(NC(=O)CCNC(=O)Cc2ccccc2)cc1. The second kappa shape index (κ2) is 11.2. The van der Waals surface area contributed by atoms with Crippen molar-refractivity contribution < 1.29 is 23.9 Å². The number of benzene rings is 2. The van der Waals surface area contributed by atoms with Crippen LogP contribution in [-0.4, -0.2) is 43.9 Å². The smallest absolute Gasteiger partial charge is 0.325 e. The van der Waals surface area contributed by atoms with Crippen molar-refractivity contribution in [3.8, 4) is 0 Å². The summed E-state index contributed by atoms with van der Waals surface area (Å²) in [6.45, 7) is 0.00926. The maximum Gasteiger partial charge on any atom is 0.325 e. The summed E-state index contributed by atoms with van der Waals surface area (Å²) in [4.78, 5) is 46.8. The van der Waals surface area contributed by atoms with Gasteiger partial charge < -0.3 is 20.7 Å². The number of esters is 1. The zero-order valence-electron chi connectivity index (χ0n) is 16.1. The van der Waals surface area contributed by atoms with E-state index in [0.29, 0.717) is 11.3 Å². The monoisotopic (exact) mass is 397 g/mol. The number of rotatable bonds is 9. The van der Waals surface area contributed by atoms with Gasteiger partial charge in [-0.15, -0.1) is 0 Å². The molecule has 0 aromatic heterocycles. The van der Waals surface area contributed by atoms with Gasteiger partial charge >= 0.3 is 5.97 Å². The summed E-state index contributed by atoms with van der Waals surface area (Å²) in [7, 11) is 1.24. The quantitative estimate of drug-likeness (QED) is 0.552. The lowest BCUT2D eigenvalue weighted by Gasteiger charge is -2.08. The lowest BCUT2D eigenvalue weighted by molar-refractivity contribution is -0.139. The van der Waals surface area contributed by atoms with Crippen LogP contribution in [0.2, 0.25) is 0 Å². The summed E-state index contributed by atoms with van der Waals surface area (Å²) >= 11 is 0. The molecule has 0 fully saturated rings. The number of methoxy groups -OCH3 is 1. The Morgan fingerprint density at radius 2 is 1.55 bits per heavy atom. The molecule has 2 aromatic carbocycles. The molecule has 29 heavy (non-hydrogen) atoms. The van der Waals surface area contributed by atoms with Gasteiger partial charge in [0.05, 0.1) is 13.5 Å². The fourth-order valence-corrected chi connectivity index (χ4v) is 2.41. The molecule has 0 aliphatic carbocycles. The molecule has 0 bridgehead atoms. The summed E-state index contributed by atoms with van der Waals surface area (Å²) < 4.78 is 4.45. The zero-order valence-corrected chi connectivity index (χ0v) is 16.1. The van der Waals surface area contributed by atoms with Crippen LogP contribution in [0.1, 0.15) is 22.3 Å². The molecule has 8 nitrogen and oxygen atoms in total. The van der Waals surface area contributed by atoms with Gasteiger partial charge in [0.2, 0.25) is 11.8 Å². The first-order valence-corrected chi connectivity index (χ1v) is 9.03. The molecular weight excluding hydrogens is 374 g/mol. The van der Waals surface area contributed by atoms with Crippen LogP contribution in [0.15, 0.2) is 54.6 Å². The van der Waals surface area contributed by atoms with Crippen molar-refractivity contribution in [3.63, 3.8) is 0 Å². The van der Waals surface area contributed by atoms with E-state index in [9.17, 15) is 19.2 Å². The molecule has 0 atom stereocenters. The Bertz CT molecular complexity index is 850. The molecule has 2 rings (SSSR count). The van der Waals surface area contributed by atoms with Crippen molar-refractivity contribution in [3.05, 3.63) is 65.7 Å². The van der Waals surface area contributed by atoms with Crippen LogP contribution in [0.3, 0.4) is 0 Å². The molecule has 3 N–H and O–H groups in total. The number of carbonyl (C=O) groups is 4. The number of hydrogen-bond donors (Lipinski definition) is 3. The number of amides is 3. The van der Waals surface area contributed by atoms with E-state index < -0.39 is 11.9 Å². The van der Waals surface area contributed by atoms with Crippen LogP contribution in [0.25, 0.3) is 0 Å². The molecule has 0 saturated carbocycles. The highest BCUT2D eigenvalue weighted by Crippen LogP contribution is 2.10. The van der Waals surface area contributed by atoms with Crippen molar-refractivity contribution in [2.45, 2.75) is 12.8 Å². The lowest BCUT2D eigenvalue weighted by atomic mass is 10.1. The molecule has 0 radical (unpaired) electrons. The molecule has 0 saturated heterocycles. The maximum atomic E-state index is 12.0. The second-order valence-corrected chi connectivity index (χ2v) is 6.15. The average molecular weight is 397 g/mol. The molecule has 0 aliphatic heterocycles. The largest absolute Gasteiger partial charge is 0.468 e. The molecular formula is C21H23N3O5. The topological polar surface area (TPSA) is 114 Å². The van der Waals surface area contributed by atoms with E-state index in [4.69, 9.17) is 0 Å². The highest BCUT2D eigenvalue weighted by Gasteiger charge is 2.09. The molecule has 0 aliphatic rings. The van der Waals surface area contributed by atoms with E-state index in [-0.39, 0.29) is 37.7 Å². The van der Waals surface area contributed by atoms with Gasteiger partial charge in [0.25, 0.3) is 5.91 Å². The van der Waals surface area contributed by atoms with Gasteiger partial charge in [0.1, 0.15) is 6.54 Å². The summed E-state index contributed by atoms with van der Waals surface area (Å²) in [5, 5.41) is 7.83. The van der Waals surface area contributed by atoms with Gasteiger partial charge in [-0.05, 0) is 29.8 Å². The standard InChI is InChI=1S/C21H23N3O5/c1-29-20(27)14-23-21(28)16-7-9-17(10-8-16)24-18(25)11-12-22-19(26)13-15-5-3-2-4-6-15/h2-10H,11-14H2,1H3,(H,22,26)(H,23,28)(H,24,25). The predicted molar refractivity (Wildman–Crippen MR) is 107 cm³/mol. The van der Waals surface area contributed by atoms with Gasteiger partial charge in [0, 0.05) is 24.2 Å². The predicted octanol–water partition coefficient (Wildman–Crippen LogP) is 1.28. The summed E-state index contributed by atoms with van der Waals surface area (Å²) in [5.41, 5.74) is 1.78. The third-order valence-corrected chi connectivity index (χ3v) is 3.93. The van der Waals surface area contributed by atoms with E-state index in [0.717, 1.165) is 5.56 Å². The van der Waals surface area contributed by atoms with Crippen molar-refractivity contribution in [1.29, 1.82) is 0 Å². The van der Waals surface area contributed by atoms with Crippen molar-refractivity contribution >= 4 is 29.4 Å². The minimum absolute atomic E-state index is 0.127. The first-order valence-electron chi connectivity index (χ1n) is 9.03. The maximum absolute atomic E-state index is 12.0. The minimum Gasteiger partial charge on any atom is -0.468 e. The average Bonchev–Trinajstić information content (AvgIpc) is 2.73. The number of nitrogens with one attached hydrogen (secondary N) is 3. The minimum atomic E-state index is -0.543. The normalized spacial score (nSPS) is 9.97. The molecule has 8 heteroatoms. The Morgan fingerprint density at radius 1 is 0.862 bits per heavy atom. The first kappa shape index (κ1) is 21.6. The molecule has 0 heterocycles. The van der Waals surface area contributed by atoms with E-state index in [1.807, 2.05) is 30.3 Å². The molecule has 0 spiro atoms. The highest BCUT2D eigenvalue weighted by molar-refractivity contribution is 5.97. The van der Waals surface area contributed by atoms with Crippen molar-refractivity contribution in [2.24, 2.45) is 0 Å². The second-order valence-electron chi connectivity index (χ2n) is 6.15. The van der Waals surface area contributed by atoms with E-state index >= 15 is 0 Å². The van der Waals surface area contributed by atoms with Crippen LogP contribution in [-0.2, 0) is 25.5 Å². The highest BCUT2D eigenvalue weighted by atomic mass is 16.5. The molecule has 3 amide bonds. The number of carbonyl (C=O) groups excluding carboxylic acids is 4. The first-order chi connectivity index (χ1) is 14.0. The molecule has 2 aromatic rings. The lowest BCUT2D eigenvalue weighted by Crippen LogP contribution is -2.30. The fourth-order valence-electron chi connectivity index (χ4n) is 2.41. The summed E-state index contributed by atoms with van der Waals surface area (Å²) in [5.74, 6) is -1.37. The van der Waals surface area contributed by atoms with Crippen molar-refractivity contribution in [2.75, 3.05) is 25.5 Å². The number of ether oxygens (including phenoxy) is 1. The molecule has 152 valence electrons. The Balaban J connectivity index is 1.71. The third kappa shape index (κ3) is 7.84. The third-order valence-electron chi connectivity index (χ3n) is 3.93. The number of anilines is 1. The van der Waals surface area contributed by atoms with Crippen LogP contribution < -0.4 is 16.0 Å². The summed E-state index contributed by atoms with van der Waals surface area (Å²) in [6, 6.07) is 15.6. The van der Waals surface area contributed by atoms with Crippen LogP contribution in [0.4, 0.5) is 5.69 Å². The van der Waals surface area contributed by atoms with Crippen LogP contribution in [0.5, 0.6) is 0 Å². The van der Waals surface area contributed by atoms with Gasteiger partial charge in [-0.25, -0.2) is 0 Å². The number of hydrogen-bond acceptors (Lipinski definition) is 5. The Labute approximate surface area is 168 Å². The Kier molecular flexibility index (Phi) is 8.37. The van der Waals surface area contributed by atoms with E-state index in [1.165, 1.54) is 19.2 Å². The van der Waals surface area contributed by atoms with Gasteiger partial charge in [-0.1, -0.05) is 30.3 Å². The van der Waals surface area contributed by atoms with E-state index in [1.54, 1.807) is 12.1 Å². The zero-order chi connectivity index (χ0) is 21.1. The Morgan fingerprint density at radius 3 is 2.21 bits per heavy atom. The van der Waals surface area contributed by atoms with Gasteiger partial charge in [0.15, 0.2) is 0 Å². The van der Waals surface area contributed by atoms with Crippen molar-refractivity contribution in [1.82, 2.24) is 10.6 Å². The van der Waals surface area contributed by atoms with Gasteiger partial charge in [-0.2, -0.15) is 0 Å². The summed E-state index contributed by atoms with van der Waals surface area (Å²) in [6.07, 6.45) is 0.393. The van der Waals surface area contributed by atoms with Crippen LogP contribution >= 0.6 is 0 Å². The van der Waals surface area contributed by atoms with Crippen LogP contribution in [0, 0.1) is 0 Å². The molecule has 0 unspecified atom stereocenters. The van der Waals surface area contributed by atoms with E-state index in [2.05, 4.69) is 20.7 Å². The Hall–Kier alpha value is -3.68. The van der Waals surface area contributed by atoms with Gasteiger partial charge in [-0.3, -0.25) is 19.2 Å². The fraction of sp³-hybridized carbons (Fsp3) is 0.238.